The Labute approximate surface area is 138 Å². The molecule has 2 rings (SSSR count). The molecule has 0 aromatic carbocycles. The molecule has 22 heavy (non-hydrogen) atoms. The lowest BCUT2D eigenvalue weighted by atomic mass is 10.1. The lowest BCUT2D eigenvalue weighted by molar-refractivity contribution is 0.201. The van der Waals surface area contributed by atoms with Gasteiger partial charge in [0.25, 0.3) is 0 Å². The normalized spacial score (nSPS) is 18.2. The molecule has 1 aromatic rings. The lowest BCUT2D eigenvalue weighted by Gasteiger charge is -2.29. The summed E-state index contributed by atoms with van der Waals surface area (Å²) in [5.41, 5.74) is 0. The Hall–Kier alpha value is -1.14. The number of nitrogens with one attached hydrogen (secondary N) is 2. The Balaban J connectivity index is 1.66. The number of rotatable bonds is 6. The van der Waals surface area contributed by atoms with Crippen molar-refractivity contribution in [2.75, 3.05) is 33.2 Å². The molecular weight excluding hydrogens is 294 g/mol. The molecule has 0 radical (unpaired) electrons. The number of piperidine rings is 1. The molecular formula is C16H29N5S. The molecule has 1 unspecified atom stereocenters. The highest BCUT2D eigenvalue weighted by Crippen LogP contribution is 2.11. The first-order valence-corrected chi connectivity index (χ1v) is 9.07. The molecule has 2 heterocycles. The highest BCUT2D eigenvalue weighted by molar-refractivity contribution is 7.11. The Bertz CT molecular complexity index is 465. The van der Waals surface area contributed by atoms with Crippen LogP contribution in [0.5, 0.6) is 0 Å². The molecule has 1 saturated heterocycles. The fraction of sp³-hybridized carbons (Fsp3) is 0.750. The summed E-state index contributed by atoms with van der Waals surface area (Å²) < 4.78 is 0. The quantitative estimate of drug-likeness (QED) is 0.623. The monoisotopic (exact) mass is 323 g/mol. The maximum Gasteiger partial charge on any atom is 0.191 e. The highest BCUT2D eigenvalue weighted by Gasteiger charge is 2.13. The third kappa shape index (κ3) is 5.93. The van der Waals surface area contributed by atoms with Crippen LogP contribution in [0.15, 0.2) is 11.2 Å². The van der Waals surface area contributed by atoms with E-state index in [1.807, 2.05) is 13.2 Å². The van der Waals surface area contributed by atoms with Gasteiger partial charge in [0.15, 0.2) is 5.96 Å². The summed E-state index contributed by atoms with van der Waals surface area (Å²) in [6, 6.07) is 0. The van der Waals surface area contributed by atoms with Crippen molar-refractivity contribution in [3.05, 3.63) is 16.1 Å². The number of nitrogens with zero attached hydrogens (tertiary/aromatic N) is 3. The molecule has 1 aromatic heterocycles. The molecule has 0 bridgehead atoms. The summed E-state index contributed by atoms with van der Waals surface area (Å²) in [6.07, 6.45) is 6.03. The van der Waals surface area contributed by atoms with E-state index < -0.39 is 0 Å². The summed E-state index contributed by atoms with van der Waals surface area (Å²) in [4.78, 5) is 12.5. The third-order valence-electron chi connectivity index (χ3n) is 3.94. The van der Waals surface area contributed by atoms with E-state index in [1.165, 1.54) is 43.8 Å². The zero-order valence-electron chi connectivity index (χ0n) is 14.1. The lowest BCUT2D eigenvalue weighted by Crippen LogP contribution is -2.42. The van der Waals surface area contributed by atoms with Gasteiger partial charge in [0.1, 0.15) is 5.01 Å². The van der Waals surface area contributed by atoms with E-state index in [-0.39, 0.29) is 0 Å². The van der Waals surface area contributed by atoms with Crippen LogP contribution in [0.4, 0.5) is 0 Å². The topological polar surface area (TPSA) is 52.6 Å². The van der Waals surface area contributed by atoms with Crippen molar-refractivity contribution in [3.8, 4) is 0 Å². The predicted molar refractivity (Wildman–Crippen MR) is 94.5 cm³/mol. The van der Waals surface area contributed by atoms with Crippen molar-refractivity contribution in [3.63, 3.8) is 0 Å². The second-order valence-electron chi connectivity index (χ2n) is 6.14. The smallest absolute Gasteiger partial charge is 0.191 e. The molecule has 5 nitrogen and oxygen atoms in total. The zero-order chi connectivity index (χ0) is 15.8. The SMILES string of the molecule is CN=C(NCc1ncc(C)s1)NCC(C)CN1CCCCC1. The number of aryl methyl sites for hydroxylation is 1. The van der Waals surface area contributed by atoms with Crippen LogP contribution >= 0.6 is 11.3 Å². The Morgan fingerprint density at radius 3 is 2.77 bits per heavy atom. The predicted octanol–water partition coefficient (Wildman–Crippen LogP) is 2.24. The van der Waals surface area contributed by atoms with Gasteiger partial charge in [-0.2, -0.15) is 0 Å². The first-order valence-electron chi connectivity index (χ1n) is 8.25. The fourth-order valence-electron chi connectivity index (χ4n) is 2.78. The van der Waals surface area contributed by atoms with Crippen molar-refractivity contribution in [1.29, 1.82) is 0 Å². The highest BCUT2D eigenvalue weighted by atomic mass is 32.1. The number of aliphatic imine (C=N–C) groups is 1. The molecule has 124 valence electrons. The van der Waals surface area contributed by atoms with Crippen LogP contribution in [-0.2, 0) is 6.54 Å². The average Bonchev–Trinajstić information content (AvgIpc) is 2.94. The molecule has 1 fully saturated rings. The maximum absolute atomic E-state index is 4.36. The van der Waals surface area contributed by atoms with E-state index in [0.29, 0.717) is 5.92 Å². The van der Waals surface area contributed by atoms with Crippen LogP contribution in [0.1, 0.15) is 36.1 Å². The van der Waals surface area contributed by atoms with Gasteiger partial charge >= 0.3 is 0 Å². The van der Waals surface area contributed by atoms with E-state index in [2.05, 4.69) is 39.4 Å². The summed E-state index contributed by atoms with van der Waals surface area (Å²) >= 11 is 1.72. The second-order valence-corrected chi connectivity index (χ2v) is 7.46. The molecule has 1 aliphatic rings. The minimum atomic E-state index is 0.624. The van der Waals surface area contributed by atoms with E-state index in [0.717, 1.165) is 24.1 Å². The number of likely N-dealkylation sites (tertiary alicyclic amines) is 1. The molecule has 6 heteroatoms. The fourth-order valence-corrected chi connectivity index (χ4v) is 3.51. The van der Waals surface area contributed by atoms with Crippen LogP contribution in [0, 0.1) is 12.8 Å². The Kier molecular flexibility index (Phi) is 7.12. The Morgan fingerprint density at radius 2 is 2.14 bits per heavy atom. The van der Waals surface area contributed by atoms with Crippen molar-refractivity contribution in [2.45, 2.75) is 39.7 Å². The zero-order valence-corrected chi connectivity index (χ0v) is 14.9. The number of hydrogen-bond donors (Lipinski definition) is 2. The number of aromatic nitrogens is 1. The van der Waals surface area contributed by atoms with Gasteiger partial charge in [0.05, 0.1) is 6.54 Å². The van der Waals surface area contributed by atoms with Crippen LogP contribution in [0.3, 0.4) is 0 Å². The van der Waals surface area contributed by atoms with Crippen LogP contribution in [0.2, 0.25) is 0 Å². The summed E-state index contributed by atoms with van der Waals surface area (Å²) in [5.74, 6) is 1.48. The molecule has 0 spiro atoms. The summed E-state index contributed by atoms with van der Waals surface area (Å²) in [5, 5.41) is 7.86. The molecule has 0 amide bonds. The first kappa shape index (κ1) is 17.2. The number of thiazole rings is 1. The van der Waals surface area contributed by atoms with E-state index >= 15 is 0 Å². The number of hydrogen-bond acceptors (Lipinski definition) is 4. The standard InChI is InChI=1S/C16H29N5S/c1-13(12-21-7-5-4-6-8-21)9-19-16(17-3)20-11-15-18-10-14(2)22-15/h10,13H,4-9,11-12H2,1-3H3,(H2,17,19,20). The molecule has 0 aliphatic carbocycles. The van der Waals surface area contributed by atoms with E-state index in [4.69, 9.17) is 0 Å². The van der Waals surface area contributed by atoms with Gasteiger partial charge < -0.3 is 15.5 Å². The van der Waals surface area contributed by atoms with Gasteiger partial charge in [-0.15, -0.1) is 11.3 Å². The second kappa shape index (κ2) is 9.10. The van der Waals surface area contributed by atoms with Gasteiger partial charge in [-0.25, -0.2) is 4.98 Å². The number of guanidine groups is 1. The van der Waals surface area contributed by atoms with Crippen LogP contribution in [0.25, 0.3) is 0 Å². The van der Waals surface area contributed by atoms with Gasteiger partial charge in [0, 0.05) is 31.2 Å². The summed E-state index contributed by atoms with van der Waals surface area (Å²) in [7, 11) is 1.82. The van der Waals surface area contributed by atoms with Crippen LogP contribution < -0.4 is 10.6 Å². The van der Waals surface area contributed by atoms with Gasteiger partial charge in [-0.3, -0.25) is 4.99 Å². The summed E-state index contributed by atoms with van der Waals surface area (Å²) in [6.45, 7) is 9.78. The minimum Gasteiger partial charge on any atom is -0.356 e. The third-order valence-corrected chi connectivity index (χ3v) is 4.85. The van der Waals surface area contributed by atoms with Crippen molar-refractivity contribution in [1.82, 2.24) is 20.5 Å². The first-order chi connectivity index (χ1) is 10.7. The van der Waals surface area contributed by atoms with Crippen molar-refractivity contribution in [2.24, 2.45) is 10.9 Å². The van der Waals surface area contributed by atoms with Crippen molar-refractivity contribution < 1.29 is 0 Å². The van der Waals surface area contributed by atoms with Crippen LogP contribution in [-0.4, -0.2) is 49.1 Å². The molecule has 2 N–H and O–H groups in total. The van der Waals surface area contributed by atoms with Gasteiger partial charge in [0.2, 0.25) is 0 Å². The average molecular weight is 324 g/mol. The van der Waals surface area contributed by atoms with Gasteiger partial charge in [-0.1, -0.05) is 13.3 Å². The van der Waals surface area contributed by atoms with Crippen molar-refractivity contribution >= 4 is 17.3 Å². The largest absolute Gasteiger partial charge is 0.356 e. The molecule has 0 saturated carbocycles. The van der Waals surface area contributed by atoms with E-state index in [1.54, 1.807) is 11.3 Å². The van der Waals surface area contributed by atoms with Gasteiger partial charge in [-0.05, 0) is 38.8 Å². The molecule has 1 aliphatic heterocycles. The van der Waals surface area contributed by atoms with E-state index in [9.17, 15) is 0 Å². The maximum atomic E-state index is 4.36. The Morgan fingerprint density at radius 1 is 1.36 bits per heavy atom. The minimum absolute atomic E-state index is 0.624. The molecule has 1 atom stereocenters.